The number of hydrogen-bond acceptors (Lipinski definition) is 8. The quantitative estimate of drug-likeness (QED) is 0.126. The first-order chi connectivity index (χ1) is 16.6. The number of carboxylic acid groups (broad SMARTS) is 1. The van der Waals surface area contributed by atoms with Crippen molar-refractivity contribution in [3.8, 4) is 0 Å². The molecule has 0 aliphatic carbocycles. The molecule has 0 saturated carbocycles. The number of hydrogen-bond donors (Lipinski definition) is 3. The van der Waals surface area contributed by atoms with Gasteiger partial charge in [-0.05, 0) is 26.7 Å². The van der Waals surface area contributed by atoms with E-state index in [0.29, 0.717) is 30.6 Å². The van der Waals surface area contributed by atoms with Crippen molar-refractivity contribution in [2.24, 2.45) is 5.92 Å². The molecule has 2 rings (SSSR count). The van der Waals surface area contributed by atoms with Crippen molar-refractivity contribution in [2.75, 3.05) is 13.2 Å². The molecule has 2 aliphatic heterocycles. The van der Waals surface area contributed by atoms with Crippen molar-refractivity contribution in [3.05, 3.63) is 23.0 Å². The van der Waals surface area contributed by atoms with Crippen LogP contribution in [0.25, 0.3) is 0 Å². The van der Waals surface area contributed by atoms with E-state index in [1.54, 1.807) is 13.8 Å². The number of ketones is 1. The highest BCUT2D eigenvalue weighted by atomic mass is 16.6. The van der Waals surface area contributed by atoms with Crippen molar-refractivity contribution >= 4 is 17.7 Å². The normalized spacial score (nSPS) is 24.3. The first kappa shape index (κ1) is 29.0. The van der Waals surface area contributed by atoms with Crippen molar-refractivity contribution in [1.82, 2.24) is 0 Å². The molecule has 3 N–H and O–H groups in total. The Hall–Kier alpha value is -2.23. The smallest absolute Gasteiger partial charge is 0.330 e. The van der Waals surface area contributed by atoms with E-state index in [0.717, 1.165) is 32.1 Å². The predicted octanol–water partition coefficient (Wildman–Crippen LogP) is 3.64. The Morgan fingerprint density at radius 2 is 1.80 bits per heavy atom. The van der Waals surface area contributed by atoms with Crippen LogP contribution in [0.4, 0.5) is 0 Å². The molecule has 0 aromatic heterocycles. The van der Waals surface area contributed by atoms with Gasteiger partial charge in [0.2, 0.25) is 5.78 Å². The Labute approximate surface area is 207 Å². The molecule has 0 aromatic rings. The van der Waals surface area contributed by atoms with Crippen LogP contribution in [-0.4, -0.2) is 70.7 Å². The Kier molecular flexibility index (Phi) is 11.9. The van der Waals surface area contributed by atoms with Gasteiger partial charge in [-0.1, -0.05) is 38.2 Å². The lowest BCUT2D eigenvalue weighted by atomic mass is 9.94. The molecular weight excluding hydrogens is 456 g/mol. The van der Waals surface area contributed by atoms with Gasteiger partial charge >= 0.3 is 11.9 Å². The molecule has 0 aromatic carbocycles. The monoisotopic (exact) mass is 496 g/mol. The summed E-state index contributed by atoms with van der Waals surface area (Å²) < 4.78 is 16.5. The summed E-state index contributed by atoms with van der Waals surface area (Å²) in [6, 6.07) is 0. The van der Waals surface area contributed by atoms with Crippen LogP contribution in [0.5, 0.6) is 0 Å². The van der Waals surface area contributed by atoms with Gasteiger partial charge in [-0.2, -0.15) is 0 Å². The number of Topliss-reactive ketones (excluding diaryl/α,β-unsaturated/α-hetero) is 1. The van der Waals surface area contributed by atoms with E-state index in [4.69, 9.17) is 19.3 Å². The molecule has 9 nitrogen and oxygen atoms in total. The van der Waals surface area contributed by atoms with Gasteiger partial charge in [-0.25, -0.2) is 4.79 Å². The molecule has 0 radical (unpaired) electrons. The molecule has 0 spiro atoms. The maximum Gasteiger partial charge on any atom is 0.330 e. The molecule has 1 saturated heterocycles. The molecule has 198 valence electrons. The van der Waals surface area contributed by atoms with Gasteiger partial charge in [-0.15, -0.1) is 0 Å². The number of aliphatic hydroxyl groups is 2. The lowest BCUT2D eigenvalue weighted by Crippen LogP contribution is -2.33. The third-order valence-corrected chi connectivity index (χ3v) is 6.57. The van der Waals surface area contributed by atoms with E-state index in [9.17, 15) is 24.6 Å². The van der Waals surface area contributed by atoms with Gasteiger partial charge in [0, 0.05) is 36.8 Å². The molecule has 9 heteroatoms. The van der Waals surface area contributed by atoms with Crippen LogP contribution in [0.2, 0.25) is 0 Å². The zero-order valence-corrected chi connectivity index (χ0v) is 21.0. The van der Waals surface area contributed by atoms with E-state index >= 15 is 0 Å². The first-order valence-corrected chi connectivity index (χ1v) is 12.6. The van der Waals surface area contributed by atoms with Gasteiger partial charge in [0.1, 0.15) is 6.10 Å². The predicted molar refractivity (Wildman–Crippen MR) is 128 cm³/mol. The molecule has 2 unspecified atom stereocenters. The number of epoxide rings is 1. The van der Waals surface area contributed by atoms with Gasteiger partial charge in [0.05, 0.1) is 31.5 Å². The zero-order chi connectivity index (χ0) is 26.0. The van der Waals surface area contributed by atoms with E-state index < -0.39 is 29.9 Å². The summed E-state index contributed by atoms with van der Waals surface area (Å²) in [5.74, 6) is -2.07. The largest absolute Gasteiger partial charge is 0.504 e. The standard InChI is InChI=1S/C26H40O9/c1-16(13-23(30)33-11-9-7-5-4-6-8-10-22(28)29)12-20-25(32)24(31)19(15-34-20)14-21-26(35-21)17(2)18(3)27/h13,17-18,20-21,26-27,31H,4-12,14-15H2,1-3H3,(H,28,29)/b16-13+/t17-,18-,20-,21?,26?/m0/s1. The second-order valence-electron chi connectivity index (χ2n) is 9.69. The highest BCUT2D eigenvalue weighted by Gasteiger charge is 2.45. The SMILES string of the molecule is C/C(=C\C(=O)OCCCCCCCCC(=O)O)C[C@@H]1OCC(CC2OC2[C@@H](C)[C@H](C)O)=C(O)C1=O. The van der Waals surface area contributed by atoms with Crippen LogP contribution in [0.3, 0.4) is 0 Å². The fourth-order valence-electron chi connectivity index (χ4n) is 4.13. The summed E-state index contributed by atoms with van der Waals surface area (Å²) in [6.45, 7) is 5.74. The highest BCUT2D eigenvalue weighted by Crippen LogP contribution is 2.37. The number of carboxylic acids is 1. The van der Waals surface area contributed by atoms with Crippen LogP contribution in [0, 0.1) is 5.92 Å². The van der Waals surface area contributed by atoms with E-state index in [-0.39, 0.29) is 43.3 Å². The minimum absolute atomic E-state index is 0.0290. The zero-order valence-electron chi connectivity index (χ0n) is 21.0. The van der Waals surface area contributed by atoms with Crippen LogP contribution in [0.15, 0.2) is 23.0 Å². The van der Waals surface area contributed by atoms with Crippen molar-refractivity contribution < 1.29 is 43.9 Å². The molecule has 0 amide bonds. The lowest BCUT2D eigenvalue weighted by Gasteiger charge is -2.24. The van der Waals surface area contributed by atoms with Crippen LogP contribution in [-0.2, 0) is 28.6 Å². The number of rotatable bonds is 16. The van der Waals surface area contributed by atoms with E-state index in [2.05, 4.69) is 0 Å². The first-order valence-electron chi connectivity index (χ1n) is 12.6. The maximum absolute atomic E-state index is 12.6. The minimum Gasteiger partial charge on any atom is -0.504 e. The Balaban J connectivity index is 1.66. The summed E-state index contributed by atoms with van der Waals surface area (Å²) in [4.78, 5) is 35.0. The van der Waals surface area contributed by atoms with Crippen LogP contribution in [0.1, 0.15) is 78.6 Å². The minimum atomic E-state index is -0.851. The molecule has 1 fully saturated rings. The Morgan fingerprint density at radius 3 is 2.46 bits per heavy atom. The van der Waals surface area contributed by atoms with Gasteiger partial charge < -0.3 is 29.5 Å². The molecule has 2 heterocycles. The summed E-state index contributed by atoms with van der Waals surface area (Å²) in [5.41, 5.74) is 1.12. The summed E-state index contributed by atoms with van der Waals surface area (Å²) in [6.07, 6.45) is 5.70. The number of aliphatic hydroxyl groups excluding tert-OH is 2. The molecule has 5 atom stereocenters. The molecule has 35 heavy (non-hydrogen) atoms. The summed E-state index contributed by atoms with van der Waals surface area (Å²) in [5, 5.41) is 28.7. The van der Waals surface area contributed by atoms with Crippen LogP contribution >= 0.6 is 0 Å². The number of carbonyl (C=O) groups excluding carboxylic acids is 2. The van der Waals surface area contributed by atoms with Gasteiger partial charge in [0.25, 0.3) is 0 Å². The number of esters is 1. The Morgan fingerprint density at radius 1 is 1.14 bits per heavy atom. The second kappa shape index (κ2) is 14.4. The third-order valence-electron chi connectivity index (χ3n) is 6.57. The molecule has 2 aliphatic rings. The molecule has 0 bridgehead atoms. The number of aliphatic carboxylic acids is 1. The van der Waals surface area contributed by atoms with Gasteiger partial charge in [-0.3, -0.25) is 9.59 Å². The lowest BCUT2D eigenvalue weighted by molar-refractivity contribution is -0.138. The van der Waals surface area contributed by atoms with Crippen molar-refractivity contribution in [3.63, 3.8) is 0 Å². The third kappa shape index (κ3) is 10.1. The average molecular weight is 497 g/mol. The topological polar surface area (TPSA) is 143 Å². The second-order valence-corrected chi connectivity index (χ2v) is 9.69. The maximum atomic E-state index is 12.6. The number of carbonyl (C=O) groups is 3. The highest BCUT2D eigenvalue weighted by molar-refractivity contribution is 5.98. The van der Waals surface area contributed by atoms with Crippen LogP contribution < -0.4 is 0 Å². The number of ether oxygens (including phenoxy) is 3. The van der Waals surface area contributed by atoms with E-state index in [1.165, 1.54) is 6.08 Å². The summed E-state index contributed by atoms with van der Waals surface area (Å²) >= 11 is 0. The molecular formula is C26H40O9. The summed E-state index contributed by atoms with van der Waals surface area (Å²) in [7, 11) is 0. The van der Waals surface area contributed by atoms with Gasteiger partial charge in [0.15, 0.2) is 5.76 Å². The number of unbranched alkanes of at least 4 members (excludes halogenated alkanes) is 5. The van der Waals surface area contributed by atoms with E-state index in [1.807, 2.05) is 6.92 Å². The fraction of sp³-hybridized carbons (Fsp3) is 0.731. The fourth-order valence-corrected chi connectivity index (χ4v) is 4.13. The average Bonchev–Trinajstić information content (AvgIpc) is 3.55. The van der Waals surface area contributed by atoms with Crippen molar-refractivity contribution in [1.29, 1.82) is 0 Å². The Bertz CT molecular complexity index is 799. The van der Waals surface area contributed by atoms with Crippen molar-refractivity contribution in [2.45, 2.75) is 103 Å².